The SMILES string of the molecule is Cc1ccccc1CN(C)C1CCCCC1. The monoisotopic (exact) mass is 217 g/mol. The van der Waals surface area contributed by atoms with E-state index in [2.05, 4.69) is 43.1 Å². The molecule has 0 atom stereocenters. The zero-order valence-electron chi connectivity index (χ0n) is 10.6. The Bertz CT molecular complexity index is 326. The van der Waals surface area contributed by atoms with Crippen molar-refractivity contribution in [3.63, 3.8) is 0 Å². The van der Waals surface area contributed by atoms with Gasteiger partial charge in [0.25, 0.3) is 0 Å². The van der Waals surface area contributed by atoms with Crippen LogP contribution in [0, 0.1) is 6.92 Å². The van der Waals surface area contributed by atoms with Crippen molar-refractivity contribution in [1.29, 1.82) is 0 Å². The van der Waals surface area contributed by atoms with Gasteiger partial charge in [0, 0.05) is 12.6 Å². The molecule has 0 unspecified atom stereocenters. The molecule has 0 aromatic heterocycles. The van der Waals surface area contributed by atoms with Crippen LogP contribution in [0.15, 0.2) is 24.3 Å². The molecule has 1 nitrogen and oxygen atoms in total. The van der Waals surface area contributed by atoms with E-state index in [-0.39, 0.29) is 0 Å². The van der Waals surface area contributed by atoms with Crippen molar-refractivity contribution >= 4 is 0 Å². The van der Waals surface area contributed by atoms with Crippen LogP contribution in [-0.2, 0) is 6.54 Å². The summed E-state index contributed by atoms with van der Waals surface area (Å²) in [4.78, 5) is 2.54. The summed E-state index contributed by atoms with van der Waals surface area (Å²) in [5.41, 5.74) is 2.90. The second-order valence-corrected chi connectivity index (χ2v) is 5.13. The van der Waals surface area contributed by atoms with Gasteiger partial charge in [0.15, 0.2) is 0 Å². The Kier molecular flexibility index (Phi) is 4.00. The number of rotatable bonds is 3. The highest BCUT2D eigenvalue weighted by Crippen LogP contribution is 2.23. The molecule has 0 bridgehead atoms. The molecule has 1 aliphatic rings. The predicted octanol–water partition coefficient (Wildman–Crippen LogP) is 3.76. The fraction of sp³-hybridized carbons (Fsp3) is 0.600. The minimum absolute atomic E-state index is 0.813. The molecule has 1 saturated carbocycles. The van der Waals surface area contributed by atoms with E-state index in [0.29, 0.717) is 0 Å². The minimum Gasteiger partial charge on any atom is -0.299 e. The van der Waals surface area contributed by atoms with E-state index in [0.717, 1.165) is 12.6 Å². The van der Waals surface area contributed by atoms with Gasteiger partial charge in [-0.15, -0.1) is 0 Å². The molecule has 0 radical (unpaired) electrons. The summed E-state index contributed by atoms with van der Waals surface area (Å²) in [6.45, 7) is 3.32. The standard InChI is InChI=1S/C15H23N/c1-13-8-6-7-9-14(13)12-16(2)15-10-4-3-5-11-15/h6-9,15H,3-5,10-12H2,1-2H3. The topological polar surface area (TPSA) is 3.24 Å². The van der Waals surface area contributed by atoms with Crippen molar-refractivity contribution in [2.24, 2.45) is 0 Å². The fourth-order valence-corrected chi connectivity index (χ4v) is 2.71. The van der Waals surface area contributed by atoms with Gasteiger partial charge in [0.05, 0.1) is 0 Å². The van der Waals surface area contributed by atoms with Crippen molar-refractivity contribution < 1.29 is 0 Å². The highest BCUT2D eigenvalue weighted by Gasteiger charge is 2.18. The molecule has 0 saturated heterocycles. The van der Waals surface area contributed by atoms with Gasteiger partial charge in [-0.3, -0.25) is 4.90 Å². The minimum atomic E-state index is 0.813. The summed E-state index contributed by atoms with van der Waals surface area (Å²) in [5, 5.41) is 0. The van der Waals surface area contributed by atoms with Gasteiger partial charge in [0.2, 0.25) is 0 Å². The molecule has 88 valence electrons. The van der Waals surface area contributed by atoms with Gasteiger partial charge in [-0.1, -0.05) is 43.5 Å². The number of aryl methyl sites for hydroxylation is 1. The molecule has 1 heteroatoms. The summed E-state index contributed by atoms with van der Waals surface area (Å²) in [6, 6.07) is 9.56. The molecule has 1 aliphatic carbocycles. The van der Waals surface area contributed by atoms with Gasteiger partial charge in [0.1, 0.15) is 0 Å². The third kappa shape index (κ3) is 2.85. The van der Waals surface area contributed by atoms with Gasteiger partial charge in [-0.25, -0.2) is 0 Å². The summed E-state index contributed by atoms with van der Waals surface area (Å²) < 4.78 is 0. The van der Waals surface area contributed by atoms with Crippen LogP contribution in [0.1, 0.15) is 43.2 Å². The summed E-state index contributed by atoms with van der Waals surface area (Å²) in [6.07, 6.45) is 7.06. The third-order valence-corrected chi connectivity index (χ3v) is 3.88. The maximum atomic E-state index is 2.54. The van der Waals surface area contributed by atoms with Crippen LogP contribution in [-0.4, -0.2) is 18.0 Å². The summed E-state index contributed by atoms with van der Waals surface area (Å²) >= 11 is 0. The number of hydrogen-bond donors (Lipinski definition) is 0. The lowest BCUT2D eigenvalue weighted by atomic mass is 9.94. The van der Waals surface area contributed by atoms with E-state index in [9.17, 15) is 0 Å². The van der Waals surface area contributed by atoms with Crippen LogP contribution in [0.4, 0.5) is 0 Å². The highest BCUT2D eigenvalue weighted by atomic mass is 15.1. The van der Waals surface area contributed by atoms with Crippen LogP contribution in [0.25, 0.3) is 0 Å². The van der Waals surface area contributed by atoms with Gasteiger partial charge in [-0.05, 0) is 37.9 Å². The van der Waals surface area contributed by atoms with Crippen molar-refractivity contribution in [1.82, 2.24) is 4.90 Å². The smallest absolute Gasteiger partial charge is 0.0236 e. The molecular weight excluding hydrogens is 194 g/mol. The maximum Gasteiger partial charge on any atom is 0.0236 e. The van der Waals surface area contributed by atoms with E-state index < -0.39 is 0 Å². The molecule has 0 amide bonds. The summed E-state index contributed by atoms with van der Waals surface area (Å²) in [5.74, 6) is 0. The molecule has 0 spiro atoms. The molecule has 1 aromatic rings. The Morgan fingerprint density at radius 1 is 1.12 bits per heavy atom. The van der Waals surface area contributed by atoms with E-state index in [1.165, 1.54) is 43.2 Å². The molecule has 1 aromatic carbocycles. The molecule has 0 heterocycles. The largest absolute Gasteiger partial charge is 0.299 e. The quantitative estimate of drug-likeness (QED) is 0.745. The molecule has 1 fully saturated rings. The fourth-order valence-electron chi connectivity index (χ4n) is 2.71. The predicted molar refractivity (Wildman–Crippen MR) is 69.5 cm³/mol. The highest BCUT2D eigenvalue weighted by molar-refractivity contribution is 5.25. The molecular formula is C15H23N. The molecule has 16 heavy (non-hydrogen) atoms. The maximum absolute atomic E-state index is 2.54. The first-order chi connectivity index (χ1) is 7.77. The Hall–Kier alpha value is -0.820. The van der Waals surface area contributed by atoms with Crippen LogP contribution >= 0.6 is 0 Å². The molecule has 0 N–H and O–H groups in total. The zero-order valence-corrected chi connectivity index (χ0v) is 10.6. The van der Waals surface area contributed by atoms with Crippen molar-refractivity contribution in [2.75, 3.05) is 7.05 Å². The molecule has 2 rings (SSSR count). The van der Waals surface area contributed by atoms with Crippen LogP contribution < -0.4 is 0 Å². The Labute approximate surface area is 99.5 Å². The van der Waals surface area contributed by atoms with Crippen molar-refractivity contribution in [3.8, 4) is 0 Å². The van der Waals surface area contributed by atoms with Gasteiger partial charge < -0.3 is 0 Å². The van der Waals surface area contributed by atoms with Gasteiger partial charge in [-0.2, -0.15) is 0 Å². The number of nitrogens with zero attached hydrogens (tertiary/aromatic N) is 1. The lowest BCUT2D eigenvalue weighted by molar-refractivity contribution is 0.184. The Morgan fingerprint density at radius 2 is 1.81 bits per heavy atom. The van der Waals surface area contributed by atoms with Crippen LogP contribution in [0.5, 0.6) is 0 Å². The van der Waals surface area contributed by atoms with Gasteiger partial charge >= 0.3 is 0 Å². The lowest BCUT2D eigenvalue weighted by Gasteiger charge is -2.31. The zero-order chi connectivity index (χ0) is 11.4. The first kappa shape index (κ1) is 11.7. The average Bonchev–Trinajstić information content (AvgIpc) is 2.33. The first-order valence-electron chi connectivity index (χ1n) is 6.52. The van der Waals surface area contributed by atoms with E-state index in [4.69, 9.17) is 0 Å². The van der Waals surface area contributed by atoms with Crippen molar-refractivity contribution in [3.05, 3.63) is 35.4 Å². The molecule has 0 aliphatic heterocycles. The van der Waals surface area contributed by atoms with Crippen molar-refractivity contribution in [2.45, 2.75) is 51.6 Å². The summed E-state index contributed by atoms with van der Waals surface area (Å²) in [7, 11) is 2.28. The number of hydrogen-bond acceptors (Lipinski definition) is 1. The van der Waals surface area contributed by atoms with E-state index >= 15 is 0 Å². The number of benzene rings is 1. The lowest BCUT2D eigenvalue weighted by Crippen LogP contribution is -2.33. The first-order valence-corrected chi connectivity index (χ1v) is 6.52. The Balaban J connectivity index is 1.96. The second kappa shape index (κ2) is 5.49. The van der Waals surface area contributed by atoms with E-state index in [1.807, 2.05) is 0 Å². The Morgan fingerprint density at radius 3 is 2.50 bits per heavy atom. The van der Waals surface area contributed by atoms with Crippen LogP contribution in [0.3, 0.4) is 0 Å². The normalized spacial score (nSPS) is 17.9. The van der Waals surface area contributed by atoms with Crippen LogP contribution in [0.2, 0.25) is 0 Å². The van der Waals surface area contributed by atoms with E-state index in [1.54, 1.807) is 0 Å². The second-order valence-electron chi connectivity index (χ2n) is 5.13. The average molecular weight is 217 g/mol. The third-order valence-electron chi connectivity index (χ3n) is 3.88.